The fourth-order valence-electron chi connectivity index (χ4n) is 6.02. The van der Waals surface area contributed by atoms with Crippen molar-refractivity contribution in [3.8, 4) is 0 Å². The molecule has 2 saturated heterocycles. The number of nitrogens with one attached hydrogen (secondary N) is 1. The standard InChI is InChI=1S/C23H41N3O2/c1-4-24-22(25-20-19-10-7-15-27-21(19)23(20,2)3)26-13-11-18(12-14-26)28-16-17-8-5-6-9-17/h17-21H,4-16H2,1-3H3,(H,24,25). The smallest absolute Gasteiger partial charge is 0.194 e. The normalized spacial score (nSPS) is 34.2. The van der Waals surface area contributed by atoms with Crippen LogP contribution in [-0.4, -0.2) is 62.0 Å². The van der Waals surface area contributed by atoms with Crippen LogP contribution in [0.2, 0.25) is 0 Å². The van der Waals surface area contributed by atoms with Gasteiger partial charge in [0.2, 0.25) is 0 Å². The maximum atomic E-state index is 6.27. The summed E-state index contributed by atoms with van der Waals surface area (Å²) in [5, 5.41) is 3.86. The number of ether oxygens (including phenoxy) is 2. The van der Waals surface area contributed by atoms with Gasteiger partial charge >= 0.3 is 0 Å². The molecule has 2 aliphatic heterocycles. The highest BCUT2D eigenvalue weighted by atomic mass is 16.5. The van der Waals surface area contributed by atoms with Gasteiger partial charge in [-0.15, -0.1) is 0 Å². The van der Waals surface area contributed by atoms with Gasteiger partial charge in [0.25, 0.3) is 0 Å². The molecule has 5 heteroatoms. The fourth-order valence-corrected chi connectivity index (χ4v) is 6.02. The van der Waals surface area contributed by atoms with Crippen LogP contribution >= 0.6 is 0 Å². The highest BCUT2D eigenvalue weighted by molar-refractivity contribution is 5.80. The zero-order valence-electron chi connectivity index (χ0n) is 18.3. The van der Waals surface area contributed by atoms with Crippen molar-refractivity contribution >= 4 is 5.96 Å². The van der Waals surface area contributed by atoms with Gasteiger partial charge in [-0.3, -0.25) is 4.99 Å². The third kappa shape index (κ3) is 4.21. The largest absolute Gasteiger partial charge is 0.378 e. The number of nitrogens with zero attached hydrogens (tertiary/aromatic N) is 2. The monoisotopic (exact) mass is 391 g/mol. The summed E-state index contributed by atoms with van der Waals surface area (Å²) in [6.45, 7) is 11.7. The van der Waals surface area contributed by atoms with E-state index < -0.39 is 0 Å². The molecular weight excluding hydrogens is 350 g/mol. The highest BCUT2D eigenvalue weighted by Gasteiger charge is 2.58. The molecule has 0 bridgehead atoms. The molecule has 0 radical (unpaired) electrons. The van der Waals surface area contributed by atoms with E-state index in [0.717, 1.165) is 57.6 Å². The Balaban J connectivity index is 1.28. The maximum absolute atomic E-state index is 6.27. The van der Waals surface area contributed by atoms with E-state index in [1.54, 1.807) is 0 Å². The molecule has 0 aromatic heterocycles. The predicted molar refractivity (Wildman–Crippen MR) is 114 cm³/mol. The summed E-state index contributed by atoms with van der Waals surface area (Å²) in [5.41, 5.74) is 0.183. The first-order valence-electron chi connectivity index (χ1n) is 11.9. The van der Waals surface area contributed by atoms with Gasteiger partial charge in [0.1, 0.15) is 0 Å². The third-order valence-electron chi connectivity index (χ3n) is 7.71. The predicted octanol–water partition coefficient (Wildman–Crippen LogP) is 3.83. The quantitative estimate of drug-likeness (QED) is 0.572. The molecule has 4 fully saturated rings. The number of aliphatic imine (C=N–C) groups is 1. The number of hydrogen-bond donors (Lipinski definition) is 1. The molecule has 2 heterocycles. The lowest BCUT2D eigenvalue weighted by molar-refractivity contribution is -0.188. The van der Waals surface area contributed by atoms with E-state index in [0.29, 0.717) is 24.2 Å². The van der Waals surface area contributed by atoms with Crippen molar-refractivity contribution in [1.29, 1.82) is 0 Å². The van der Waals surface area contributed by atoms with Crippen LogP contribution in [0.1, 0.15) is 72.1 Å². The molecule has 0 aromatic carbocycles. The van der Waals surface area contributed by atoms with Gasteiger partial charge in [0, 0.05) is 50.2 Å². The Kier molecular flexibility index (Phi) is 6.51. The van der Waals surface area contributed by atoms with Crippen molar-refractivity contribution in [3.05, 3.63) is 0 Å². The summed E-state index contributed by atoms with van der Waals surface area (Å²) in [4.78, 5) is 7.32. The van der Waals surface area contributed by atoms with E-state index in [4.69, 9.17) is 14.5 Å². The molecule has 4 aliphatic rings. The summed E-state index contributed by atoms with van der Waals surface area (Å²) in [6.07, 6.45) is 11.1. The zero-order valence-corrected chi connectivity index (χ0v) is 18.3. The van der Waals surface area contributed by atoms with E-state index in [1.807, 2.05) is 0 Å². The molecule has 28 heavy (non-hydrogen) atoms. The molecule has 160 valence electrons. The number of likely N-dealkylation sites (tertiary alicyclic amines) is 1. The van der Waals surface area contributed by atoms with Crippen LogP contribution in [0.5, 0.6) is 0 Å². The molecule has 0 amide bonds. The van der Waals surface area contributed by atoms with Crippen molar-refractivity contribution < 1.29 is 9.47 Å². The first-order chi connectivity index (χ1) is 13.6. The molecule has 2 saturated carbocycles. The second kappa shape index (κ2) is 8.91. The number of piperidine rings is 1. The number of hydrogen-bond acceptors (Lipinski definition) is 3. The van der Waals surface area contributed by atoms with Gasteiger partial charge in [0.15, 0.2) is 5.96 Å². The lowest BCUT2D eigenvalue weighted by atomic mass is 9.55. The summed E-state index contributed by atoms with van der Waals surface area (Å²) < 4.78 is 12.4. The van der Waals surface area contributed by atoms with E-state index in [9.17, 15) is 0 Å². The minimum absolute atomic E-state index is 0.183. The van der Waals surface area contributed by atoms with Gasteiger partial charge in [-0.2, -0.15) is 0 Å². The van der Waals surface area contributed by atoms with Crippen LogP contribution < -0.4 is 5.32 Å². The van der Waals surface area contributed by atoms with Crippen LogP contribution in [0.3, 0.4) is 0 Å². The number of rotatable bonds is 5. The Morgan fingerprint density at radius 3 is 2.57 bits per heavy atom. The van der Waals surface area contributed by atoms with Crippen molar-refractivity contribution in [1.82, 2.24) is 10.2 Å². The van der Waals surface area contributed by atoms with Crippen molar-refractivity contribution in [2.45, 2.75) is 90.4 Å². The van der Waals surface area contributed by atoms with Crippen LogP contribution in [0.4, 0.5) is 0 Å². The fraction of sp³-hybridized carbons (Fsp3) is 0.957. The topological polar surface area (TPSA) is 46.1 Å². The average molecular weight is 392 g/mol. The van der Waals surface area contributed by atoms with Crippen LogP contribution in [0, 0.1) is 17.3 Å². The number of fused-ring (bicyclic) bond motifs is 1. The van der Waals surface area contributed by atoms with Gasteiger partial charge in [-0.1, -0.05) is 26.7 Å². The highest BCUT2D eigenvalue weighted by Crippen LogP contribution is 2.51. The Bertz CT molecular complexity index is 536. The van der Waals surface area contributed by atoms with Crippen LogP contribution in [-0.2, 0) is 9.47 Å². The van der Waals surface area contributed by atoms with Gasteiger partial charge in [-0.25, -0.2) is 0 Å². The van der Waals surface area contributed by atoms with Crippen LogP contribution in [0.15, 0.2) is 4.99 Å². The Morgan fingerprint density at radius 2 is 1.86 bits per heavy atom. The van der Waals surface area contributed by atoms with Crippen molar-refractivity contribution in [2.24, 2.45) is 22.2 Å². The van der Waals surface area contributed by atoms with E-state index >= 15 is 0 Å². The van der Waals surface area contributed by atoms with E-state index in [2.05, 4.69) is 31.0 Å². The van der Waals surface area contributed by atoms with Crippen molar-refractivity contribution in [2.75, 3.05) is 32.8 Å². The summed E-state index contributed by atoms with van der Waals surface area (Å²) in [7, 11) is 0. The number of guanidine groups is 1. The van der Waals surface area contributed by atoms with Gasteiger partial charge < -0.3 is 19.7 Å². The lowest BCUT2D eigenvalue weighted by Gasteiger charge is -2.60. The Hall–Kier alpha value is -0.810. The molecule has 3 unspecified atom stereocenters. The third-order valence-corrected chi connectivity index (χ3v) is 7.71. The molecule has 0 aromatic rings. The van der Waals surface area contributed by atoms with Crippen LogP contribution in [0.25, 0.3) is 0 Å². The molecule has 0 spiro atoms. The molecule has 2 aliphatic carbocycles. The maximum Gasteiger partial charge on any atom is 0.194 e. The Labute approximate surface area is 171 Å². The molecule has 4 rings (SSSR count). The first-order valence-corrected chi connectivity index (χ1v) is 11.9. The van der Waals surface area contributed by atoms with Gasteiger partial charge in [0.05, 0.1) is 12.2 Å². The summed E-state index contributed by atoms with van der Waals surface area (Å²) in [5.74, 6) is 2.57. The molecule has 3 atom stereocenters. The summed E-state index contributed by atoms with van der Waals surface area (Å²) >= 11 is 0. The first kappa shape index (κ1) is 20.5. The van der Waals surface area contributed by atoms with E-state index in [-0.39, 0.29) is 5.41 Å². The zero-order chi connectivity index (χ0) is 19.6. The lowest BCUT2D eigenvalue weighted by Crippen LogP contribution is -2.71. The minimum atomic E-state index is 0.183. The molecule has 1 N–H and O–H groups in total. The second-order valence-electron chi connectivity index (χ2n) is 10.0. The average Bonchev–Trinajstić information content (AvgIpc) is 3.23. The van der Waals surface area contributed by atoms with Gasteiger partial charge in [-0.05, 0) is 51.4 Å². The van der Waals surface area contributed by atoms with E-state index in [1.165, 1.54) is 38.5 Å². The SMILES string of the molecule is CCN=C(NC1C2CCCOC2C1(C)C)N1CCC(OCC2CCCC2)CC1. The Morgan fingerprint density at radius 1 is 1.11 bits per heavy atom. The van der Waals surface area contributed by atoms with Crippen molar-refractivity contribution in [3.63, 3.8) is 0 Å². The molecule has 5 nitrogen and oxygen atoms in total. The second-order valence-corrected chi connectivity index (χ2v) is 10.0. The molecular formula is C23H41N3O2. The summed E-state index contributed by atoms with van der Waals surface area (Å²) in [6, 6.07) is 0.472. The minimum Gasteiger partial charge on any atom is -0.378 e.